The predicted molar refractivity (Wildman–Crippen MR) is 46.8 cm³/mol. The van der Waals surface area contributed by atoms with Crippen molar-refractivity contribution in [3.8, 4) is 5.75 Å². The van der Waals surface area contributed by atoms with Crippen LogP contribution in [0.1, 0.15) is 0 Å². The Bertz CT molecular complexity index is 316. The first-order valence-corrected chi connectivity index (χ1v) is 3.96. The van der Waals surface area contributed by atoms with Crippen LogP contribution in [0.4, 0.5) is 12.9 Å². The highest BCUT2D eigenvalue weighted by atomic mass is 35.5. The Hall–Kier alpha value is -0.545. The van der Waals surface area contributed by atoms with Crippen LogP contribution in [0.15, 0.2) is 12.1 Å². The van der Waals surface area contributed by atoms with Crippen molar-refractivity contribution >= 4 is 35.6 Å². The van der Waals surface area contributed by atoms with Gasteiger partial charge in [0.2, 0.25) is 0 Å². The lowest BCUT2D eigenvalue weighted by molar-refractivity contribution is 0.475. The highest BCUT2D eigenvalue weighted by Crippen LogP contribution is 2.31. The molecule has 72 valence electrons. The van der Waals surface area contributed by atoms with E-state index in [1.54, 1.807) is 0 Å². The molecule has 0 radical (unpaired) electrons. The maximum Gasteiger partial charge on any atom is 0.509 e. The first-order chi connectivity index (χ1) is 5.82. The summed E-state index contributed by atoms with van der Waals surface area (Å²) in [4.78, 5) is 0. The van der Waals surface area contributed by atoms with Gasteiger partial charge in [0.05, 0.1) is 10.0 Å². The zero-order valence-electron chi connectivity index (χ0n) is 6.07. The van der Waals surface area contributed by atoms with Gasteiger partial charge in [-0.25, -0.2) is 0 Å². The normalized spacial score (nSPS) is 11.8. The standard InChI is InChI=1S/C6H3BCl2F3O/c8-4-1-3(7(10,11)12)2-5(9)6(4)13/h1-2,13H/q-1. The highest BCUT2D eigenvalue weighted by Gasteiger charge is 2.27. The van der Waals surface area contributed by atoms with Crippen LogP contribution in [0.3, 0.4) is 0 Å². The molecule has 0 aromatic heterocycles. The number of halogens is 5. The van der Waals surface area contributed by atoms with Crippen LogP contribution >= 0.6 is 23.2 Å². The number of hydrogen-bond donors (Lipinski definition) is 1. The second-order valence-corrected chi connectivity index (χ2v) is 3.22. The number of rotatable bonds is 1. The van der Waals surface area contributed by atoms with Gasteiger partial charge in [-0.1, -0.05) is 35.3 Å². The minimum absolute atomic E-state index is 0.401. The summed E-state index contributed by atoms with van der Waals surface area (Å²) in [7, 11) is 0. The number of benzene rings is 1. The zero-order chi connectivity index (χ0) is 10.2. The molecule has 0 atom stereocenters. The Balaban J connectivity index is 3.29. The monoisotopic (exact) mass is 229 g/mol. The maximum absolute atomic E-state index is 12.1. The molecule has 0 saturated carbocycles. The number of phenolic OH excluding ortho intramolecular Hbond substituents is 1. The minimum atomic E-state index is -5.14. The number of aromatic hydroxyl groups is 1. The summed E-state index contributed by atoms with van der Waals surface area (Å²) >= 11 is 10.6. The first-order valence-electron chi connectivity index (χ1n) is 3.20. The third-order valence-electron chi connectivity index (χ3n) is 1.42. The van der Waals surface area contributed by atoms with Crippen molar-refractivity contribution in [2.45, 2.75) is 0 Å². The first kappa shape index (κ1) is 10.5. The van der Waals surface area contributed by atoms with Gasteiger partial charge < -0.3 is 18.1 Å². The van der Waals surface area contributed by atoms with E-state index in [0.717, 1.165) is 0 Å². The van der Waals surface area contributed by atoms with Crippen molar-refractivity contribution in [3.63, 3.8) is 0 Å². The van der Waals surface area contributed by atoms with Crippen LogP contribution in [0.25, 0.3) is 0 Å². The molecule has 0 bridgehead atoms. The van der Waals surface area contributed by atoms with E-state index in [1.165, 1.54) is 0 Å². The molecule has 0 spiro atoms. The summed E-state index contributed by atoms with van der Waals surface area (Å²) in [6, 6.07) is 1.28. The van der Waals surface area contributed by atoms with Crippen LogP contribution in [0.5, 0.6) is 5.75 Å². The Labute approximate surface area is 82.1 Å². The molecule has 13 heavy (non-hydrogen) atoms. The lowest BCUT2D eigenvalue weighted by Crippen LogP contribution is -2.33. The van der Waals surface area contributed by atoms with Gasteiger partial charge in [0, 0.05) is 0 Å². The van der Waals surface area contributed by atoms with Crippen LogP contribution < -0.4 is 5.46 Å². The van der Waals surface area contributed by atoms with E-state index in [0.29, 0.717) is 12.1 Å². The summed E-state index contributed by atoms with van der Waals surface area (Å²) in [5.74, 6) is -0.535. The fraction of sp³-hybridized carbons (Fsp3) is 0. The Morgan fingerprint density at radius 3 is 1.77 bits per heavy atom. The molecule has 0 saturated heterocycles. The molecule has 0 unspecified atom stereocenters. The SMILES string of the molecule is Oc1c(Cl)cc([B-](F)(F)F)cc1Cl. The molecular weight excluding hydrogens is 227 g/mol. The average Bonchev–Trinajstić information content (AvgIpc) is 1.97. The Kier molecular flexibility index (Phi) is 2.68. The van der Waals surface area contributed by atoms with E-state index in [4.69, 9.17) is 28.3 Å². The zero-order valence-corrected chi connectivity index (χ0v) is 7.58. The minimum Gasteiger partial charge on any atom is -0.505 e. The molecule has 0 fully saturated rings. The number of hydrogen-bond acceptors (Lipinski definition) is 1. The van der Waals surface area contributed by atoms with Crippen LogP contribution in [0, 0.1) is 0 Å². The molecule has 7 heteroatoms. The van der Waals surface area contributed by atoms with Crippen LogP contribution in [-0.4, -0.2) is 12.1 Å². The third kappa shape index (κ3) is 2.22. The van der Waals surface area contributed by atoms with E-state index < -0.39 is 28.2 Å². The van der Waals surface area contributed by atoms with Crippen molar-refractivity contribution in [2.24, 2.45) is 0 Å². The molecule has 1 aromatic carbocycles. The molecule has 1 N–H and O–H groups in total. The summed E-state index contributed by atoms with van der Waals surface area (Å²) in [6.07, 6.45) is 0. The largest absolute Gasteiger partial charge is 0.509 e. The average molecular weight is 230 g/mol. The van der Waals surface area contributed by atoms with Gasteiger partial charge in [-0.15, -0.1) is 5.46 Å². The lowest BCUT2D eigenvalue weighted by atomic mass is 9.80. The summed E-state index contributed by atoms with van der Waals surface area (Å²) < 4.78 is 36.4. The van der Waals surface area contributed by atoms with Crippen LogP contribution in [-0.2, 0) is 0 Å². The van der Waals surface area contributed by atoms with Gasteiger partial charge in [-0.05, 0) is 0 Å². The Morgan fingerprint density at radius 2 is 1.46 bits per heavy atom. The van der Waals surface area contributed by atoms with Crippen molar-refractivity contribution in [1.82, 2.24) is 0 Å². The predicted octanol–water partition coefficient (Wildman–Crippen LogP) is 2.75. The summed E-state index contributed by atoms with van der Waals surface area (Å²) in [5, 5.41) is 8.17. The highest BCUT2D eigenvalue weighted by molar-refractivity contribution is 6.74. The van der Waals surface area contributed by atoms with E-state index in [-0.39, 0.29) is 0 Å². The second kappa shape index (κ2) is 3.31. The molecule has 0 aliphatic carbocycles. The van der Waals surface area contributed by atoms with Gasteiger partial charge in [-0.2, -0.15) is 0 Å². The molecule has 0 aliphatic heterocycles. The van der Waals surface area contributed by atoms with Crippen molar-refractivity contribution in [2.75, 3.05) is 0 Å². The summed E-state index contributed by atoms with van der Waals surface area (Å²) in [5.41, 5.74) is -0.923. The van der Waals surface area contributed by atoms with E-state index in [9.17, 15) is 12.9 Å². The van der Waals surface area contributed by atoms with Crippen molar-refractivity contribution in [3.05, 3.63) is 22.2 Å². The number of phenols is 1. The Morgan fingerprint density at radius 1 is 1.08 bits per heavy atom. The van der Waals surface area contributed by atoms with Crippen molar-refractivity contribution in [1.29, 1.82) is 0 Å². The smallest absolute Gasteiger partial charge is 0.505 e. The lowest BCUT2D eigenvalue weighted by Gasteiger charge is -2.15. The van der Waals surface area contributed by atoms with Gasteiger partial charge in [-0.3, -0.25) is 0 Å². The fourth-order valence-corrected chi connectivity index (χ4v) is 1.28. The van der Waals surface area contributed by atoms with Crippen molar-refractivity contribution < 1.29 is 18.1 Å². The van der Waals surface area contributed by atoms with Crippen LogP contribution in [0.2, 0.25) is 10.0 Å². The molecule has 1 aromatic rings. The maximum atomic E-state index is 12.1. The van der Waals surface area contributed by atoms with Gasteiger partial charge in [0.25, 0.3) is 0 Å². The van der Waals surface area contributed by atoms with E-state index in [1.807, 2.05) is 0 Å². The molecule has 0 aliphatic rings. The fourth-order valence-electron chi connectivity index (χ4n) is 0.774. The second-order valence-electron chi connectivity index (χ2n) is 2.41. The molecule has 0 heterocycles. The quantitative estimate of drug-likeness (QED) is 0.735. The molecule has 1 rings (SSSR count). The molecule has 1 nitrogen and oxygen atoms in total. The van der Waals surface area contributed by atoms with Gasteiger partial charge in [0.15, 0.2) is 5.75 Å². The molecule has 0 amide bonds. The third-order valence-corrected chi connectivity index (χ3v) is 1.99. The van der Waals surface area contributed by atoms with Gasteiger partial charge >= 0.3 is 6.98 Å². The summed E-state index contributed by atoms with van der Waals surface area (Å²) in [6.45, 7) is -5.14. The topological polar surface area (TPSA) is 20.2 Å². The van der Waals surface area contributed by atoms with E-state index >= 15 is 0 Å². The van der Waals surface area contributed by atoms with Gasteiger partial charge in [0.1, 0.15) is 0 Å². The molecular formula is C6H3BCl2F3O-. The van der Waals surface area contributed by atoms with E-state index in [2.05, 4.69) is 0 Å².